The molecular weight excluding hydrogens is 272 g/mol. The zero-order valence-corrected chi connectivity index (χ0v) is 13.9. The molecule has 0 atom stereocenters. The second-order valence-corrected chi connectivity index (χ2v) is 6.22. The van der Waals surface area contributed by atoms with Crippen molar-refractivity contribution in [1.29, 1.82) is 5.41 Å². The summed E-state index contributed by atoms with van der Waals surface area (Å²) in [6.07, 6.45) is 6.71. The zero-order chi connectivity index (χ0) is 15.8. The Bertz CT molecular complexity index is 464. The molecule has 0 saturated carbocycles. The minimum absolute atomic E-state index is 0.606. The highest BCUT2D eigenvalue weighted by molar-refractivity contribution is 5.97. The Morgan fingerprint density at radius 1 is 1.09 bits per heavy atom. The van der Waals surface area contributed by atoms with E-state index in [9.17, 15) is 0 Å². The van der Waals surface area contributed by atoms with E-state index in [-0.39, 0.29) is 0 Å². The molecule has 4 nitrogen and oxygen atoms in total. The fourth-order valence-corrected chi connectivity index (χ4v) is 3.00. The molecule has 1 aromatic rings. The predicted octanol–water partition coefficient (Wildman–Crippen LogP) is 3.18. The van der Waals surface area contributed by atoms with Crippen molar-refractivity contribution in [3.63, 3.8) is 0 Å². The van der Waals surface area contributed by atoms with Crippen LogP contribution in [0.3, 0.4) is 0 Å². The van der Waals surface area contributed by atoms with E-state index >= 15 is 0 Å². The summed E-state index contributed by atoms with van der Waals surface area (Å²) in [5.41, 5.74) is 7.47. The van der Waals surface area contributed by atoms with Crippen LogP contribution in [0.1, 0.15) is 44.6 Å². The van der Waals surface area contributed by atoms with Crippen molar-refractivity contribution >= 4 is 11.5 Å². The van der Waals surface area contributed by atoms with Gasteiger partial charge in [-0.2, -0.15) is 0 Å². The van der Waals surface area contributed by atoms with Crippen LogP contribution in [0, 0.1) is 5.41 Å². The molecule has 3 N–H and O–H groups in total. The van der Waals surface area contributed by atoms with E-state index in [1.807, 2.05) is 24.3 Å². The Balaban J connectivity index is 1.71. The molecule has 0 radical (unpaired) electrons. The van der Waals surface area contributed by atoms with Crippen molar-refractivity contribution in [3.05, 3.63) is 29.8 Å². The average molecular weight is 302 g/mol. The van der Waals surface area contributed by atoms with Gasteiger partial charge in [0.2, 0.25) is 0 Å². The van der Waals surface area contributed by atoms with Gasteiger partial charge >= 0.3 is 0 Å². The maximum atomic E-state index is 8.35. The molecule has 1 aromatic carbocycles. The normalized spacial score (nSPS) is 16.0. The minimum Gasteiger partial charge on any atom is -0.399 e. The van der Waals surface area contributed by atoms with Gasteiger partial charge in [0.25, 0.3) is 0 Å². The van der Waals surface area contributed by atoms with Gasteiger partial charge in [0.1, 0.15) is 5.84 Å². The molecule has 1 fully saturated rings. The molecule has 22 heavy (non-hydrogen) atoms. The summed E-state index contributed by atoms with van der Waals surface area (Å²) in [7, 11) is 0. The van der Waals surface area contributed by atoms with Crippen LogP contribution >= 0.6 is 0 Å². The molecule has 1 aliphatic heterocycles. The Labute approximate surface area is 134 Å². The molecule has 1 saturated heterocycles. The second kappa shape index (κ2) is 8.79. The summed E-state index contributed by atoms with van der Waals surface area (Å²) in [6.45, 7) is 7.50. The summed E-state index contributed by atoms with van der Waals surface area (Å²) in [4.78, 5) is 4.71. The van der Waals surface area contributed by atoms with Gasteiger partial charge in [-0.3, -0.25) is 10.3 Å². The lowest BCUT2D eigenvalue weighted by Crippen LogP contribution is -2.48. The molecule has 0 unspecified atom stereocenters. The quantitative estimate of drug-likeness (QED) is 0.352. The summed E-state index contributed by atoms with van der Waals surface area (Å²) in [5, 5.41) is 8.35. The number of piperazine rings is 1. The first kappa shape index (κ1) is 16.8. The van der Waals surface area contributed by atoms with Crippen LogP contribution in [0.5, 0.6) is 0 Å². The van der Waals surface area contributed by atoms with E-state index in [0.717, 1.165) is 37.4 Å². The van der Waals surface area contributed by atoms with E-state index in [4.69, 9.17) is 11.1 Å². The predicted molar refractivity (Wildman–Crippen MR) is 94.5 cm³/mol. The number of nitrogens with two attached hydrogens (primary N) is 1. The SMILES string of the molecule is CCCCCCCN1CCN(C(=N)c2cccc(N)c2)CC1. The van der Waals surface area contributed by atoms with Crippen molar-refractivity contribution in [1.82, 2.24) is 9.80 Å². The van der Waals surface area contributed by atoms with Crippen molar-refractivity contribution in [3.8, 4) is 0 Å². The molecule has 2 rings (SSSR count). The highest BCUT2D eigenvalue weighted by Crippen LogP contribution is 2.12. The number of nitrogen functional groups attached to an aromatic ring is 1. The summed E-state index contributed by atoms with van der Waals surface area (Å²) in [5.74, 6) is 0.606. The topological polar surface area (TPSA) is 56.4 Å². The third-order valence-electron chi connectivity index (χ3n) is 4.43. The van der Waals surface area contributed by atoms with Crippen molar-refractivity contribution in [2.24, 2.45) is 0 Å². The van der Waals surface area contributed by atoms with Crippen molar-refractivity contribution < 1.29 is 0 Å². The number of nitrogens with one attached hydrogen (secondary N) is 1. The molecule has 0 aliphatic carbocycles. The first-order valence-corrected chi connectivity index (χ1v) is 8.62. The van der Waals surface area contributed by atoms with Gasteiger partial charge in [-0.25, -0.2) is 0 Å². The summed E-state index contributed by atoms with van der Waals surface area (Å²) in [6, 6.07) is 7.65. The van der Waals surface area contributed by atoms with Crippen LogP contribution in [0.2, 0.25) is 0 Å². The molecule has 0 bridgehead atoms. The number of unbranched alkanes of at least 4 members (excludes halogenated alkanes) is 4. The van der Waals surface area contributed by atoms with Gasteiger partial charge in [-0.15, -0.1) is 0 Å². The number of hydrogen-bond donors (Lipinski definition) is 2. The molecule has 122 valence electrons. The van der Waals surface area contributed by atoms with Crippen molar-refractivity contribution in [2.75, 3.05) is 38.5 Å². The van der Waals surface area contributed by atoms with E-state index in [2.05, 4.69) is 16.7 Å². The molecule has 4 heteroatoms. The van der Waals surface area contributed by atoms with Gasteiger partial charge in [-0.1, -0.05) is 44.7 Å². The molecule has 0 spiro atoms. The van der Waals surface area contributed by atoms with Gasteiger partial charge in [0, 0.05) is 37.4 Å². The van der Waals surface area contributed by atoms with Crippen LogP contribution in [0.25, 0.3) is 0 Å². The van der Waals surface area contributed by atoms with Crippen LogP contribution in [0.4, 0.5) is 5.69 Å². The Morgan fingerprint density at radius 3 is 2.50 bits per heavy atom. The van der Waals surface area contributed by atoms with Crippen LogP contribution in [-0.4, -0.2) is 48.4 Å². The number of anilines is 1. The number of amidine groups is 1. The highest BCUT2D eigenvalue weighted by Gasteiger charge is 2.19. The lowest BCUT2D eigenvalue weighted by atomic mass is 10.1. The molecule has 0 aromatic heterocycles. The van der Waals surface area contributed by atoms with Crippen LogP contribution < -0.4 is 5.73 Å². The largest absolute Gasteiger partial charge is 0.399 e. The van der Waals surface area contributed by atoms with E-state index in [0.29, 0.717) is 5.84 Å². The maximum Gasteiger partial charge on any atom is 0.128 e. The van der Waals surface area contributed by atoms with Gasteiger partial charge in [0.15, 0.2) is 0 Å². The number of nitrogens with zero attached hydrogens (tertiary/aromatic N) is 2. The summed E-state index contributed by atoms with van der Waals surface area (Å²) >= 11 is 0. The fourth-order valence-electron chi connectivity index (χ4n) is 3.00. The third kappa shape index (κ3) is 5.02. The molecule has 1 heterocycles. The first-order chi connectivity index (χ1) is 10.7. The zero-order valence-electron chi connectivity index (χ0n) is 13.9. The van der Waals surface area contributed by atoms with E-state index in [1.165, 1.54) is 38.6 Å². The lowest BCUT2D eigenvalue weighted by molar-refractivity contribution is 0.179. The van der Waals surface area contributed by atoms with Gasteiger partial charge in [-0.05, 0) is 25.1 Å². The molecular formula is C18H30N4. The monoisotopic (exact) mass is 302 g/mol. The van der Waals surface area contributed by atoms with Crippen LogP contribution in [0.15, 0.2) is 24.3 Å². The average Bonchev–Trinajstić information content (AvgIpc) is 2.54. The first-order valence-electron chi connectivity index (χ1n) is 8.62. The minimum atomic E-state index is 0.606. The highest BCUT2D eigenvalue weighted by atomic mass is 15.3. The Kier molecular flexibility index (Phi) is 6.72. The third-order valence-corrected chi connectivity index (χ3v) is 4.43. The van der Waals surface area contributed by atoms with Gasteiger partial charge < -0.3 is 10.6 Å². The number of benzene rings is 1. The van der Waals surface area contributed by atoms with Gasteiger partial charge in [0.05, 0.1) is 0 Å². The summed E-state index contributed by atoms with van der Waals surface area (Å²) < 4.78 is 0. The number of rotatable bonds is 7. The second-order valence-electron chi connectivity index (χ2n) is 6.22. The van der Waals surface area contributed by atoms with Crippen molar-refractivity contribution in [2.45, 2.75) is 39.0 Å². The smallest absolute Gasteiger partial charge is 0.128 e. The van der Waals surface area contributed by atoms with E-state index in [1.54, 1.807) is 0 Å². The van der Waals surface area contributed by atoms with Crippen LogP contribution in [-0.2, 0) is 0 Å². The lowest BCUT2D eigenvalue weighted by Gasteiger charge is -2.36. The standard InChI is InChI=1S/C18H30N4/c1-2-3-4-5-6-10-21-11-13-22(14-12-21)18(20)16-8-7-9-17(19)15-16/h7-9,15,20H,2-6,10-14,19H2,1H3. The maximum absolute atomic E-state index is 8.35. The fraction of sp³-hybridized carbons (Fsp3) is 0.611. The molecule has 0 amide bonds. The number of hydrogen-bond acceptors (Lipinski definition) is 3. The molecule has 1 aliphatic rings. The Morgan fingerprint density at radius 2 is 1.82 bits per heavy atom. The van der Waals surface area contributed by atoms with E-state index < -0.39 is 0 Å². The Hall–Kier alpha value is -1.55.